The highest BCUT2D eigenvalue weighted by Crippen LogP contribution is 2.32. The zero-order valence-electron chi connectivity index (χ0n) is 14.6. The van der Waals surface area contributed by atoms with Crippen LogP contribution in [0.5, 0.6) is 5.75 Å². The average Bonchev–Trinajstić information content (AvgIpc) is 3.02. The highest BCUT2D eigenvalue weighted by atomic mass is 32.2. The molecule has 1 aromatic carbocycles. The maximum Gasteiger partial charge on any atom is 0.223 e. The average molecular weight is 359 g/mol. The van der Waals surface area contributed by atoms with Crippen molar-refractivity contribution < 1.29 is 9.53 Å². The highest BCUT2D eigenvalue weighted by molar-refractivity contribution is 7.99. The highest BCUT2D eigenvalue weighted by Gasteiger charge is 2.24. The Morgan fingerprint density at radius 3 is 2.72 bits per heavy atom. The van der Waals surface area contributed by atoms with E-state index in [1.807, 2.05) is 61.5 Å². The molecule has 1 aliphatic carbocycles. The third-order valence-electron chi connectivity index (χ3n) is 4.43. The Morgan fingerprint density at radius 2 is 2.04 bits per heavy atom. The fourth-order valence-corrected chi connectivity index (χ4v) is 4.17. The van der Waals surface area contributed by atoms with Crippen molar-refractivity contribution in [3.05, 3.63) is 42.7 Å². The van der Waals surface area contributed by atoms with Gasteiger partial charge < -0.3 is 14.6 Å². The molecule has 2 aromatic rings. The number of nitrogens with one attached hydrogen (secondary N) is 1. The Bertz CT molecular complexity index is 666. The normalized spacial score (nSPS) is 20.2. The molecule has 6 heteroatoms. The lowest BCUT2D eigenvalue weighted by Crippen LogP contribution is -2.38. The van der Waals surface area contributed by atoms with Gasteiger partial charge in [0.1, 0.15) is 5.75 Å². The first-order valence-corrected chi connectivity index (χ1v) is 9.70. The van der Waals surface area contributed by atoms with Crippen LogP contribution in [-0.4, -0.2) is 33.4 Å². The van der Waals surface area contributed by atoms with Crippen molar-refractivity contribution in [1.82, 2.24) is 14.9 Å². The van der Waals surface area contributed by atoms with E-state index in [9.17, 15) is 4.79 Å². The molecule has 3 rings (SSSR count). The Hall–Kier alpha value is -1.95. The van der Waals surface area contributed by atoms with Gasteiger partial charge in [0, 0.05) is 30.7 Å². The molecular formula is C19H25N3O2S. The van der Waals surface area contributed by atoms with Crippen LogP contribution < -0.4 is 10.1 Å². The van der Waals surface area contributed by atoms with Crippen molar-refractivity contribution in [1.29, 1.82) is 0 Å². The number of aryl methyl sites for hydroxylation is 1. The van der Waals surface area contributed by atoms with Crippen molar-refractivity contribution in [2.24, 2.45) is 7.05 Å². The molecule has 0 aliphatic heterocycles. The van der Waals surface area contributed by atoms with Gasteiger partial charge in [-0.3, -0.25) is 4.79 Å². The summed E-state index contributed by atoms with van der Waals surface area (Å²) in [5, 5.41) is 4.81. The third-order valence-corrected chi connectivity index (χ3v) is 5.84. The van der Waals surface area contributed by atoms with Crippen LogP contribution in [0.2, 0.25) is 0 Å². The summed E-state index contributed by atoms with van der Waals surface area (Å²) >= 11 is 1.85. The van der Waals surface area contributed by atoms with Gasteiger partial charge >= 0.3 is 0 Å². The first-order chi connectivity index (χ1) is 12.2. The van der Waals surface area contributed by atoms with Crippen molar-refractivity contribution in [3.63, 3.8) is 0 Å². The molecule has 1 aliphatic rings. The third kappa shape index (κ3) is 5.53. The summed E-state index contributed by atoms with van der Waals surface area (Å²) in [5.41, 5.74) is 0. The Kier molecular flexibility index (Phi) is 6.39. The minimum absolute atomic E-state index is 0.0798. The largest absolute Gasteiger partial charge is 0.493 e. The van der Waals surface area contributed by atoms with Crippen LogP contribution in [0.1, 0.15) is 32.1 Å². The van der Waals surface area contributed by atoms with Crippen molar-refractivity contribution in [2.45, 2.75) is 48.6 Å². The second kappa shape index (κ2) is 8.94. The van der Waals surface area contributed by atoms with Gasteiger partial charge in [-0.1, -0.05) is 30.0 Å². The van der Waals surface area contributed by atoms with Gasteiger partial charge in [-0.25, -0.2) is 4.98 Å². The van der Waals surface area contributed by atoms with Gasteiger partial charge in [0.15, 0.2) is 5.16 Å². The number of thioether (sulfide) groups is 1. The molecule has 5 nitrogen and oxygen atoms in total. The summed E-state index contributed by atoms with van der Waals surface area (Å²) in [6.07, 6.45) is 8.51. The summed E-state index contributed by atoms with van der Waals surface area (Å²) in [5.74, 6) is 0.887. The van der Waals surface area contributed by atoms with Crippen LogP contribution >= 0.6 is 11.8 Å². The zero-order chi connectivity index (χ0) is 17.5. The number of hydrogen-bond acceptors (Lipinski definition) is 4. The van der Waals surface area contributed by atoms with E-state index in [-0.39, 0.29) is 5.91 Å². The summed E-state index contributed by atoms with van der Waals surface area (Å²) < 4.78 is 7.64. The molecule has 0 saturated heterocycles. The second-order valence-corrected chi connectivity index (χ2v) is 7.66. The van der Waals surface area contributed by atoms with E-state index in [2.05, 4.69) is 14.9 Å². The number of amides is 1. The number of benzene rings is 1. The van der Waals surface area contributed by atoms with Gasteiger partial charge in [0.25, 0.3) is 0 Å². The van der Waals surface area contributed by atoms with E-state index in [0.29, 0.717) is 24.3 Å². The molecule has 1 N–H and O–H groups in total. The minimum Gasteiger partial charge on any atom is -0.493 e. The fraction of sp³-hybridized carbons (Fsp3) is 0.474. The molecule has 0 bridgehead atoms. The fourth-order valence-electron chi connectivity index (χ4n) is 3.02. The zero-order valence-corrected chi connectivity index (χ0v) is 15.4. The topological polar surface area (TPSA) is 56.2 Å². The second-order valence-electron chi connectivity index (χ2n) is 6.39. The molecular weight excluding hydrogens is 334 g/mol. The molecule has 25 heavy (non-hydrogen) atoms. The number of nitrogens with zero attached hydrogens (tertiary/aromatic N) is 2. The van der Waals surface area contributed by atoms with Crippen LogP contribution in [0.25, 0.3) is 0 Å². The van der Waals surface area contributed by atoms with Crippen LogP contribution in [-0.2, 0) is 11.8 Å². The number of ether oxygens (including phenoxy) is 1. The number of para-hydroxylation sites is 1. The molecule has 1 amide bonds. The van der Waals surface area contributed by atoms with Gasteiger partial charge in [-0.05, 0) is 37.8 Å². The van der Waals surface area contributed by atoms with E-state index >= 15 is 0 Å². The standard InChI is InChI=1S/C19H25N3O2S/c1-22-13-12-20-19(22)25-17-9-7-15(8-10-17)21-18(23)11-14-24-16-5-3-2-4-6-16/h2-6,12-13,15,17H,7-11,14H2,1H3,(H,21,23). The number of imidazole rings is 1. The molecule has 0 radical (unpaired) electrons. The van der Waals surface area contributed by atoms with E-state index < -0.39 is 0 Å². The summed E-state index contributed by atoms with van der Waals surface area (Å²) in [4.78, 5) is 16.5. The van der Waals surface area contributed by atoms with Crippen molar-refractivity contribution in [3.8, 4) is 5.75 Å². The summed E-state index contributed by atoms with van der Waals surface area (Å²) in [7, 11) is 2.03. The van der Waals surface area contributed by atoms with Crippen LogP contribution in [0.3, 0.4) is 0 Å². The van der Waals surface area contributed by atoms with Gasteiger partial charge in [0.05, 0.1) is 13.0 Å². The monoisotopic (exact) mass is 359 g/mol. The lowest BCUT2D eigenvalue weighted by atomic mass is 9.95. The smallest absolute Gasteiger partial charge is 0.223 e. The summed E-state index contributed by atoms with van der Waals surface area (Å²) in [6.45, 7) is 0.417. The minimum atomic E-state index is 0.0798. The predicted molar refractivity (Wildman–Crippen MR) is 99.8 cm³/mol. The number of carbonyl (C=O) groups excluding carboxylic acids is 1. The van der Waals surface area contributed by atoms with Crippen LogP contribution in [0, 0.1) is 0 Å². The molecule has 1 saturated carbocycles. The lowest BCUT2D eigenvalue weighted by molar-refractivity contribution is -0.122. The van der Waals surface area contributed by atoms with E-state index in [4.69, 9.17) is 4.74 Å². The number of hydrogen-bond donors (Lipinski definition) is 1. The quantitative estimate of drug-likeness (QED) is 0.823. The molecule has 0 spiro atoms. The van der Waals surface area contributed by atoms with Crippen molar-refractivity contribution in [2.75, 3.05) is 6.61 Å². The first-order valence-electron chi connectivity index (χ1n) is 8.82. The van der Waals surface area contributed by atoms with Gasteiger partial charge in [-0.2, -0.15) is 0 Å². The van der Waals surface area contributed by atoms with Crippen molar-refractivity contribution >= 4 is 17.7 Å². The van der Waals surface area contributed by atoms with E-state index in [1.54, 1.807) is 0 Å². The van der Waals surface area contributed by atoms with Gasteiger partial charge in [-0.15, -0.1) is 0 Å². The number of aromatic nitrogens is 2. The number of carbonyl (C=O) groups is 1. The van der Waals surface area contributed by atoms with Crippen LogP contribution in [0.4, 0.5) is 0 Å². The Labute approximate surface area is 153 Å². The first kappa shape index (κ1) is 17.9. The molecule has 1 heterocycles. The Morgan fingerprint density at radius 1 is 1.28 bits per heavy atom. The predicted octanol–water partition coefficient (Wildman–Crippen LogP) is 3.41. The Balaban J connectivity index is 1.33. The van der Waals surface area contributed by atoms with Gasteiger partial charge in [0.2, 0.25) is 5.91 Å². The molecule has 0 atom stereocenters. The molecule has 1 aromatic heterocycles. The SMILES string of the molecule is Cn1ccnc1SC1CCC(NC(=O)CCOc2ccccc2)CC1. The molecule has 1 fully saturated rings. The molecule has 0 unspecified atom stereocenters. The van der Waals surface area contributed by atoms with Crippen LogP contribution in [0.15, 0.2) is 47.9 Å². The van der Waals surface area contributed by atoms with E-state index in [1.165, 1.54) is 0 Å². The maximum absolute atomic E-state index is 12.1. The lowest BCUT2D eigenvalue weighted by Gasteiger charge is -2.28. The summed E-state index contributed by atoms with van der Waals surface area (Å²) in [6, 6.07) is 9.90. The van der Waals surface area contributed by atoms with E-state index in [0.717, 1.165) is 36.6 Å². The number of rotatable bonds is 7. The maximum atomic E-state index is 12.1. The molecule has 134 valence electrons.